The first-order chi connectivity index (χ1) is 9.42. The van der Waals surface area contributed by atoms with Crippen LogP contribution < -0.4 is 5.32 Å². The van der Waals surface area contributed by atoms with E-state index in [1.807, 2.05) is 11.3 Å². The van der Waals surface area contributed by atoms with Gasteiger partial charge in [-0.15, -0.1) is 11.3 Å². The second-order valence-corrected chi connectivity index (χ2v) is 7.15. The van der Waals surface area contributed by atoms with Gasteiger partial charge in [0.2, 0.25) is 0 Å². The summed E-state index contributed by atoms with van der Waals surface area (Å²) in [5, 5.41) is 5.67. The number of piperidine rings is 1. The molecule has 0 atom stereocenters. The Morgan fingerprint density at radius 3 is 2.74 bits per heavy atom. The topological polar surface area (TPSA) is 15.3 Å². The van der Waals surface area contributed by atoms with E-state index in [2.05, 4.69) is 27.7 Å². The van der Waals surface area contributed by atoms with Gasteiger partial charge in [-0.3, -0.25) is 4.90 Å². The SMILES string of the molecule is c1csc(CN(CCCC2CCNCC2)C2CC2)c1. The van der Waals surface area contributed by atoms with Crippen molar-refractivity contribution in [2.45, 2.75) is 51.1 Å². The van der Waals surface area contributed by atoms with E-state index in [1.165, 1.54) is 69.6 Å². The molecule has 0 amide bonds. The van der Waals surface area contributed by atoms with Crippen LogP contribution in [0.25, 0.3) is 0 Å². The van der Waals surface area contributed by atoms with Crippen molar-refractivity contribution in [1.29, 1.82) is 0 Å². The lowest BCUT2D eigenvalue weighted by molar-refractivity contribution is 0.237. The van der Waals surface area contributed by atoms with E-state index in [0.717, 1.165) is 12.0 Å². The standard InChI is InChI=1S/C16H26N2S/c1(3-14-7-9-17-10-8-14)11-18(15-5-6-15)13-16-4-2-12-19-16/h2,4,12,14-15,17H,1,3,5-11,13H2. The van der Waals surface area contributed by atoms with Crippen molar-refractivity contribution in [2.75, 3.05) is 19.6 Å². The van der Waals surface area contributed by atoms with Gasteiger partial charge in [0.25, 0.3) is 0 Å². The molecule has 0 spiro atoms. The summed E-state index contributed by atoms with van der Waals surface area (Å²) in [6, 6.07) is 5.36. The Bertz CT molecular complexity index is 353. The summed E-state index contributed by atoms with van der Waals surface area (Å²) >= 11 is 1.91. The predicted octanol–water partition coefficient (Wildman–Crippen LogP) is 3.49. The van der Waals surface area contributed by atoms with Gasteiger partial charge in [-0.05, 0) is 75.5 Å². The molecule has 1 aromatic rings. The van der Waals surface area contributed by atoms with E-state index in [1.54, 1.807) is 0 Å². The maximum atomic E-state index is 3.46. The summed E-state index contributed by atoms with van der Waals surface area (Å²) in [6.45, 7) is 4.99. The Labute approximate surface area is 121 Å². The number of nitrogens with zero attached hydrogens (tertiary/aromatic N) is 1. The van der Waals surface area contributed by atoms with Crippen LogP contribution in [0, 0.1) is 5.92 Å². The molecule has 3 heteroatoms. The summed E-state index contributed by atoms with van der Waals surface area (Å²) < 4.78 is 0. The third kappa shape index (κ3) is 4.30. The third-order valence-corrected chi connectivity index (χ3v) is 5.38. The fraction of sp³-hybridized carbons (Fsp3) is 0.750. The summed E-state index contributed by atoms with van der Waals surface area (Å²) in [6.07, 6.45) is 8.49. The molecule has 2 heterocycles. The van der Waals surface area contributed by atoms with Gasteiger partial charge in [0.15, 0.2) is 0 Å². The zero-order chi connectivity index (χ0) is 12.9. The minimum absolute atomic E-state index is 0.898. The lowest BCUT2D eigenvalue weighted by Crippen LogP contribution is -2.29. The van der Waals surface area contributed by atoms with Crippen LogP contribution in [0.1, 0.15) is 43.4 Å². The predicted molar refractivity (Wildman–Crippen MR) is 82.6 cm³/mol. The Hall–Kier alpha value is -0.380. The van der Waals surface area contributed by atoms with Crippen molar-refractivity contribution in [3.05, 3.63) is 22.4 Å². The van der Waals surface area contributed by atoms with Gasteiger partial charge < -0.3 is 5.32 Å². The Morgan fingerprint density at radius 1 is 1.21 bits per heavy atom. The average molecular weight is 278 g/mol. The first-order valence-corrected chi connectivity index (χ1v) is 8.77. The molecule has 19 heavy (non-hydrogen) atoms. The van der Waals surface area contributed by atoms with E-state index in [9.17, 15) is 0 Å². The van der Waals surface area contributed by atoms with E-state index in [4.69, 9.17) is 0 Å². The van der Waals surface area contributed by atoms with Crippen LogP contribution in [0.5, 0.6) is 0 Å². The van der Waals surface area contributed by atoms with Crippen molar-refractivity contribution >= 4 is 11.3 Å². The van der Waals surface area contributed by atoms with Gasteiger partial charge >= 0.3 is 0 Å². The van der Waals surface area contributed by atoms with Crippen molar-refractivity contribution in [2.24, 2.45) is 5.92 Å². The minimum atomic E-state index is 0.898. The van der Waals surface area contributed by atoms with Gasteiger partial charge in [0.05, 0.1) is 0 Å². The zero-order valence-electron chi connectivity index (χ0n) is 11.8. The molecule has 0 aromatic carbocycles. The van der Waals surface area contributed by atoms with Crippen LogP contribution in [-0.2, 0) is 6.54 Å². The highest BCUT2D eigenvalue weighted by Crippen LogP contribution is 2.30. The first-order valence-electron chi connectivity index (χ1n) is 7.89. The zero-order valence-corrected chi connectivity index (χ0v) is 12.6. The molecule has 1 saturated carbocycles. The first kappa shape index (κ1) is 13.6. The molecule has 1 aliphatic carbocycles. The summed E-state index contributed by atoms with van der Waals surface area (Å²) in [7, 11) is 0. The van der Waals surface area contributed by atoms with Crippen molar-refractivity contribution in [1.82, 2.24) is 10.2 Å². The third-order valence-electron chi connectivity index (χ3n) is 4.52. The fourth-order valence-corrected chi connectivity index (χ4v) is 3.92. The largest absolute Gasteiger partial charge is 0.317 e. The molecule has 0 radical (unpaired) electrons. The number of rotatable bonds is 7. The quantitative estimate of drug-likeness (QED) is 0.821. The number of hydrogen-bond donors (Lipinski definition) is 1. The molecule has 2 nitrogen and oxygen atoms in total. The van der Waals surface area contributed by atoms with Crippen molar-refractivity contribution in [3.63, 3.8) is 0 Å². The van der Waals surface area contributed by atoms with Crippen LogP contribution in [0.3, 0.4) is 0 Å². The molecule has 1 aromatic heterocycles. The monoisotopic (exact) mass is 278 g/mol. The molecule has 0 unspecified atom stereocenters. The average Bonchev–Trinajstić information content (AvgIpc) is 3.17. The number of hydrogen-bond acceptors (Lipinski definition) is 3. The van der Waals surface area contributed by atoms with E-state index >= 15 is 0 Å². The fourth-order valence-electron chi connectivity index (χ4n) is 3.19. The summed E-state index contributed by atoms with van der Waals surface area (Å²) in [5.74, 6) is 0.990. The van der Waals surface area contributed by atoms with Crippen LogP contribution in [0.15, 0.2) is 17.5 Å². The molecule has 1 aliphatic heterocycles. The van der Waals surface area contributed by atoms with Crippen LogP contribution in [0.2, 0.25) is 0 Å². The van der Waals surface area contributed by atoms with Crippen molar-refractivity contribution < 1.29 is 0 Å². The highest BCUT2D eigenvalue weighted by Gasteiger charge is 2.28. The second kappa shape index (κ2) is 6.87. The highest BCUT2D eigenvalue weighted by molar-refractivity contribution is 7.09. The Morgan fingerprint density at radius 2 is 2.05 bits per heavy atom. The van der Waals surface area contributed by atoms with Crippen LogP contribution in [-0.4, -0.2) is 30.6 Å². The lowest BCUT2D eigenvalue weighted by atomic mass is 9.93. The Balaban J connectivity index is 1.40. The van der Waals surface area contributed by atoms with Gasteiger partial charge in [-0.25, -0.2) is 0 Å². The molecular weight excluding hydrogens is 252 g/mol. The number of nitrogens with one attached hydrogen (secondary N) is 1. The smallest absolute Gasteiger partial charge is 0.0330 e. The lowest BCUT2D eigenvalue weighted by Gasteiger charge is -2.25. The van der Waals surface area contributed by atoms with E-state index in [-0.39, 0.29) is 0 Å². The van der Waals surface area contributed by atoms with Crippen molar-refractivity contribution in [3.8, 4) is 0 Å². The van der Waals surface area contributed by atoms with E-state index < -0.39 is 0 Å². The molecule has 2 aliphatic rings. The van der Waals surface area contributed by atoms with Gasteiger partial charge in [-0.2, -0.15) is 0 Å². The molecule has 106 valence electrons. The normalized spacial score (nSPS) is 21.1. The van der Waals surface area contributed by atoms with E-state index in [0.29, 0.717) is 0 Å². The molecular formula is C16H26N2S. The van der Waals surface area contributed by atoms with Gasteiger partial charge in [-0.1, -0.05) is 6.07 Å². The highest BCUT2D eigenvalue weighted by atomic mass is 32.1. The Kier molecular flexibility index (Phi) is 4.91. The molecule has 2 fully saturated rings. The number of thiophene rings is 1. The maximum Gasteiger partial charge on any atom is 0.0330 e. The molecule has 0 bridgehead atoms. The summed E-state index contributed by atoms with van der Waals surface area (Å²) in [4.78, 5) is 4.26. The minimum Gasteiger partial charge on any atom is -0.317 e. The van der Waals surface area contributed by atoms with Crippen LogP contribution >= 0.6 is 11.3 Å². The molecule has 3 rings (SSSR count). The summed E-state index contributed by atoms with van der Waals surface area (Å²) in [5.41, 5.74) is 0. The molecule has 1 saturated heterocycles. The van der Waals surface area contributed by atoms with Gasteiger partial charge in [0, 0.05) is 17.5 Å². The van der Waals surface area contributed by atoms with Crippen LogP contribution in [0.4, 0.5) is 0 Å². The maximum absolute atomic E-state index is 3.46. The van der Waals surface area contributed by atoms with Gasteiger partial charge in [0.1, 0.15) is 0 Å². The molecule has 1 N–H and O–H groups in total. The second-order valence-electron chi connectivity index (χ2n) is 6.12.